The first kappa shape index (κ1) is 20.4. The summed E-state index contributed by atoms with van der Waals surface area (Å²) in [6.07, 6.45) is 3.47. The molecular weight excluding hydrogens is 356 g/mol. The Morgan fingerprint density at radius 3 is 2.62 bits per heavy atom. The van der Waals surface area contributed by atoms with Crippen LogP contribution in [-0.2, 0) is 19.6 Å². The van der Waals surface area contributed by atoms with Crippen molar-refractivity contribution in [3.8, 4) is 0 Å². The number of carbonyl (C=O) groups excluding carboxylic acids is 2. The lowest BCUT2D eigenvalue weighted by atomic mass is 10.2. The Balaban J connectivity index is 1.98. The predicted octanol–water partition coefficient (Wildman–Crippen LogP) is 1.93. The molecule has 1 aromatic rings. The van der Waals surface area contributed by atoms with Crippen molar-refractivity contribution < 1.29 is 22.7 Å². The third-order valence-corrected chi connectivity index (χ3v) is 6.13. The van der Waals surface area contributed by atoms with Gasteiger partial charge in [-0.1, -0.05) is 19.4 Å². The van der Waals surface area contributed by atoms with Crippen molar-refractivity contribution >= 4 is 21.9 Å². The zero-order valence-electron chi connectivity index (χ0n) is 15.2. The lowest BCUT2D eigenvalue weighted by molar-refractivity contribution is -0.124. The second-order valence-corrected chi connectivity index (χ2v) is 8.41. The fraction of sp³-hybridized carbons (Fsp3) is 0.556. The standard InChI is InChI=1S/C18H26N2O5S/c1-3-7-14(2)19-17(21)13-25-18(22)15-8-6-9-16(12-15)26(23,24)20-10-4-5-11-20/h6,8-9,12,14H,3-5,7,10-11,13H2,1-2H3,(H,19,21). The number of nitrogens with zero attached hydrogens (tertiary/aromatic N) is 1. The SMILES string of the molecule is CCCC(C)NC(=O)COC(=O)c1cccc(S(=O)(=O)N2CCCC2)c1. The summed E-state index contributed by atoms with van der Waals surface area (Å²) >= 11 is 0. The monoisotopic (exact) mass is 382 g/mol. The summed E-state index contributed by atoms with van der Waals surface area (Å²) in [5.41, 5.74) is 0.111. The van der Waals surface area contributed by atoms with Gasteiger partial charge in [0.25, 0.3) is 5.91 Å². The van der Waals surface area contributed by atoms with E-state index in [0.717, 1.165) is 25.7 Å². The summed E-state index contributed by atoms with van der Waals surface area (Å²) in [5.74, 6) is -1.10. The Kier molecular flexibility index (Phi) is 7.16. The van der Waals surface area contributed by atoms with Gasteiger partial charge >= 0.3 is 5.97 Å². The molecule has 1 saturated heterocycles. The molecule has 1 atom stereocenters. The van der Waals surface area contributed by atoms with Gasteiger partial charge in [0.05, 0.1) is 10.5 Å². The molecule has 0 saturated carbocycles. The molecule has 0 aliphatic carbocycles. The van der Waals surface area contributed by atoms with Crippen molar-refractivity contribution in [2.24, 2.45) is 0 Å². The molecular formula is C18H26N2O5S. The highest BCUT2D eigenvalue weighted by Crippen LogP contribution is 2.21. The highest BCUT2D eigenvalue weighted by atomic mass is 32.2. The normalized spacial score (nSPS) is 16.2. The smallest absolute Gasteiger partial charge is 0.338 e. The van der Waals surface area contributed by atoms with Crippen molar-refractivity contribution in [2.45, 2.75) is 50.5 Å². The van der Waals surface area contributed by atoms with Gasteiger partial charge in [-0.15, -0.1) is 0 Å². The molecule has 2 rings (SSSR count). The van der Waals surface area contributed by atoms with Crippen LogP contribution in [0.4, 0.5) is 0 Å². The number of sulfonamides is 1. The lowest BCUT2D eigenvalue weighted by Gasteiger charge is -2.16. The predicted molar refractivity (Wildman–Crippen MR) is 97.2 cm³/mol. The molecule has 26 heavy (non-hydrogen) atoms. The van der Waals surface area contributed by atoms with Crippen LogP contribution in [0.2, 0.25) is 0 Å². The second kappa shape index (κ2) is 9.14. The third kappa shape index (κ3) is 5.28. The molecule has 1 fully saturated rings. The molecule has 144 valence electrons. The number of nitrogens with one attached hydrogen (secondary N) is 1. The Hall–Kier alpha value is -1.93. The largest absolute Gasteiger partial charge is 0.452 e. The van der Waals surface area contributed by atoms with Gasteiger partial charge in [0, 0.05) is 19.1 Å². The van der Waals surface area contributed by atoms with E-state index < -0.39 is 22.6 Å². The van der Waals surface area contributed by atoms with Crippen LogP contribution in [-0.4, -0.2) is 50.3 Å². The van der Waals surface area contributed by atoms with Crippen LogP contribution in [0.1, 0.15) is 49.9 Å². The van der Waals surface area contributed by atoms with E-state index in [1.807, 2.05) is 13.8 Å². The molecule has 0 radical (unpaired) electrons. The van der Waals surface area contributed by atoms with Gasteiger partial charge in [-0.3, -0.25) is 4.79 Å². The van der Waals surface area contributed by atoms with E-state index in [2.05, 4.69) is 5.32 Å². The minimum absolute atomic E-state index is 0.0140. The van der Waals surface area contributed by atoms with Crippen LogP contribution in [0.3, 0.4) is 0 Å². The molecule has 0 aromatic heterocycles. The molecule has 1 aliphatic rings. The van der Waals surface area contributed by atoms with Crippen LogP contribution in [0.15, 0.2) is 29.2 Å². The van der Waals surface area contributed by atoms with Gasteiger partial charge < -0.3 is 10.1 Å². The van der Waals surface area contributed by atoms with Gasteiger partial charge in [0.1, 0.15) is 0 Å². The quantitative estimate of drug-likeness (QED) is 0.694. The van der Waals surface area contributed by atoms with E-state index in [4.69, 9.17) is 4.74 Å². The molecule has 1 aromatic carbocycles. The zero-order chi connectivity index (χ0) is 19.2. The number of hydrogen-bond acceptors (Lipinski definition) is 5. The van der Waals surface area contributed by atoms with Crippen LogP contribution in [0, 0.1) is 0 Å². The second-order valence-electron chi connectivity index (χ2n) is 6.47. The third-order valence-electron chi connectivity index (χ3n) is 4.24. The average Bonchev–Trinajstić information content (AvgIpc) is 3.15. The maximum absolute atomic E-state index is 12.6. The number of hydrogen-bond donors (Lipinski definition) is 1. The average molecular weight is 382 g/mol. The maximum atomic E-state index is 12.6. The summed E-state index contributed by atoms with van der Waals surface area (Å²) < 4.78 is 31.6. The summed E-state index contributed by atoms with van der Waals surface area (Å²) in [5, 5.41) is 2.74. The van der Waals surface area contributed by atoms with Crippen molar-refractivity contribution in [3.63, 3.8) is 0 Å². The fourth-order valence-corrected chi connectivity index (χ4v) is 4.46. The van der Waals surface area contributed by atoms with Crippen molar-refractivity contribution in [2.75, 3.05) is 19.7 Å². The van der Waals surface area contributed by atoms with Crippen LogP contribution >= 0.6 is 0 Å². The number of amides is 1. The first-order chi connectivity index (χ1) is 12.3. The van der Waals surface area contributed by atoms with E-state index >= 15 is 0 Å². The van der Waals surface area contributed by atoms with Gasteiger partial charge in [0.15, 0.2) is 6.61 Å². The summed E-state index contributed by atoms with van der Waals surface area (Å²) in [4.78, 5) is 24.0. The molecule has 7 nitrogen and oxygen atoms in total. The number of benzene rings is 1. The minimum atomic E-state index is -3.60. The number of esters is 1. The molecule has 1 amide bonds. The maximum Gasteiger partial charge on any atom is 0.338 e. The highest BCUT2D eigenvalue weighted by molar-refractivity contribution is 7.89. The van der Waals surface area contributed by atoms with Crippen molar-refractivity contribution in [1.29, 1.82) is 0 Å². The van der Waals surface area contributed by atoms with Crippen LogP contribution < -0.4 is 5.32 Å². The molecule has 0 spiro atoms. The molecule has 1 unspecified atom stereocenters. The van der Waals surface area contributed by atoms with E-state index in [1.165, 1.54) is 28.6 Å². The molecule has 1 heterocycles. The minimum Gasteiger partial charge on any atom is -0.452 e. The summed E-state index contributed by atoms with van der Waals surface area (Å²) in [6, 6.07) is 5.75. The van der Waals surface area contributed by atoms with Gasteiger partial charge in [-0.2, -0.15) is 4.31 Å². The first-order valence-corrected chi connectivity index (χ1v) is 10.3. The van der Waals surface area contributed by atoms with Crippen molar-refractivity contribution in [1.82, 2.24) is 9.62 Å². The number of rotatable bonds is 8. The summed E-state index contributed by atoms with van der Waals surface area (Å²) in [6.45, 7) is 4.50. The molecule has 0 bridgehead atoms. The van der Waals surface area contributed by atoms with Gasteiger partial charge in [0.2, 0.25) is 10.0 Å². The van der Waals surface area contributed by atoms with E-state index in [1.54, 1.807) is 0 Å². The van der Waals surface area contributed by atoms with E-state index in [-0.39, 0.29) is 22.4 Å². The fourth-order valence-electron chi connectivity index (χ4n) is 2.90. The van der Waals surface area contributed by atoms with Gasteiger partial charge in [-0.25, -0.2) is 13.2 Å². The van der Waals surface area contributed by atoms with Gasteiger partial charge in [-0.05, 0) is 44.4 Å². The highest BCUT2D eigenvalue weighted by Gasteiger charge is 2.27. The Labute approximate surface area is 154 Å². The number of ether oxygens (including phenoxy) is 1. The Morgan fingerprint density at radius 1 is 1.27 bits per heavy atom. The van der Waals surface area contributed by atoms with E-state index in [9.17, 15) is 18.0 Å². The Morgan fingerprint density at radius 2 is 1.96 bits per heavy atom. The topological polar surface area (TPSA) is 92.8 Å². The number of carbonyl (C=O) groups is 2. The van der Waals surface area contributed by atoms with Crippen molar-refractivity contribution in [3.05, 3.63) is 29.8 Å². The van der Waals surface area contributed by atoms with Crippen LogP contribution in [0.25, 0.3) is 0 Å². The van der Waals surface area contributed by atoms with E-state index in [0.29, 0.717) is 13.1 Å². The van der Waals surface area contributed by atoms with Crippen LogP contribution in [0.5, 0.6) is 0 Å². The molecule has 1 N–H and O–H groups in total. The Bertz CT molecular complexity index is 742. The molecule has 8 heteroatoms. The summed E-state index contributed by atoms with van der Waals surface area (Å²) in [7, 11) is -3.60. The molecule has 1 aliphatic heterocycles. The zero-order valence-corrected chi connectivity index (χ0v) is 16.0. The lowest BCUT2D eigenvalue weighted by Crippen LogP contribution is -2.35. The first-order valence-electron chi connectivity index (χ1n) is 8.91.